The van der Waals surface area contributed by atoms with Crippen molar-refractivity contribution in [3.05, 3.63) is 29.1 Å². The molecule has 0 unspecified atom stereocenters. The first-order chi connectivity index (χ1) is 7.99. The van der Waals surface area contributed by atoms with Crippen LogP contribution in [0.2, 0.25) is 0 Å². The van der Waals surface area contributed by atoms with Crippen LogP contribution >= 0.6 is 0 Å². The number of rotatable bonds is 3. The lowest BCUT2D eigenvalue weighted by atomic mass is 10.0. The van der Waals surface area contributed by atoms with Crippen LogP contribution in [0.1, 0.15) is 23.6 Å². The number of carbonyl (C=O) groups is 1. The van der Waals surface area contributed by atoms with E-state index < -0.39 is 23.6 Å². The lowest BCUT2D eigenvalue weighted by molar-refractivity contribution is -0.141. The summed E-state index contributed by atoms with van der Waals surface area (Å²) in [5.41, 5.74) is 5.66. The lowest BCUT2D eigenvalue weighted by Crippen LogP contribution is -2.17. The molecule has 0 radical (unpaired) electrons. The first-order valence-electron chi connectivity index (χ1n) is 4.74. The van der Waals surface area contributed by atoms with Crippen LogP contribution in [-0.4, -0.2) is 18.2 Å². The summed E-state index contributed by atoms with van der Waals surface area (Å²) < 4.78 is 17.6. The van der Waals surface area contributed by atoms with Crippen molar-refractivity contribution in [2.24, 2.45) is 5.73 Å². The molecule has 1 rings (SSSR count). The number of ether oxygens (including phenoxy) is 1. The molecule has 0 fully saturated rings. The number of aromatic hydroxyl groups is 1. The van der Waals surface area contributed by atoms with Gasteiger partial charge >= 0.3 is 5.97 Å². The molecule has 0 spiro atoms. The Bertz CT molecular complexity index is 482. The summed E-state index contributed by atoms with van der Waals surface area (Å²) in [6.45, 7) is 0. The summed E-state index contributed by atoms with van der Waals surface area (Å²) in [4.78, 5) is 11.0. The van der Waals surface area contributed by atoms with E-state index in [1.165, 1.54) is 13.2 Å². The van der Waals surface area contributed by atoms with E-state index in [0.29, 0.717) is 0 Å². The summed E-state index contributed by atoms with van der Waals surface area (Å²) in [5.74, 6) is -2.18. The van der Waals surface area contributed by atoms with Crippen LogP contribution in [0.25, 0.3) is 0 Å². The first-order valence-corrected chi connectivity index (χ1v) is 4.74. The number of methoxy groups -OCH3 is 1. The van der Waals surface area contributed by atoms with Crippen molar-refractivity contribution in [1.82, 2.24) is 0 Å². The van der Waals surface area contributed by atoms with Gasteiger partial charge in [-0.2, -0.15) is 5.26 Å². The summed E-state index contributed by atoms with van der Waals surface area (Å²) in [5, 5.41) is 18.1. The fourth-order valence-electron chi connectivity index (χ4n) is 1.34. The molecule has 90 valence electrons. The van der Waals surface area contributed by atoms with E-state index in [0.717, 1.165) is 6.07 Å². The molecule has 0 bridgehead atoms. The molecular formula is C11H11FN2O3. The quantitative estimate of drug-likeness (QED) is 0.764. The standard InChI is InChI=1S/C11H11FN2O3/c1-17-10(15)4-9(14)7-2-6(5-13)3-8(12)11(7)16/h2-3,9,16H,4,14H2,1H3/t9-/m0/s1. The van der Waals surface area contributed by atoms with Crippen LogP contribution in [-0.2, 0) is 9.53 Å². The average Bonchev–Trinajstić information content (AvgIpc) is 2.31. The fraction of sp³-hybridized carbons (Fsp3) is 0.273. The maximum atomic E-state index is 13.2. The van der Waals surface area contributed by atoms with Crippen molar-refractivity contribution < 1.29 is 19.0 Å². The topological polar surface area (TPSA) is 96.3 Å². The number of hydrogen-bond acceptors (Lipinski definition) is 5. The van der Waals surface area contributed by atoms with Gasteiger partial charge in [-0.1, -0.05) is 0 Å². The van der Waals surface area contributed by atoms with Gasteiger partial charge in [0.1, 0.15) is 0 Å². The number of phenolic OH excluding ortho intramolecular Hbond substituents is 1. The molecule has 17 heavy (non-hydrogen) atoms. The van der Waals surface area contributed by atoms with Crippen molar-refractivity contribution in [3.8, 4) is 11.8 Å². The Labute approximate surface area is 97.2 Å². The molecule has 5 nitrogen and oxygen atoms in total. The van der Waals surface area contributed by atoms with Gasteiger partial charge in [-0.3, -0.25) is 4.79 Å². The molecule has 0 aliphatic rings. The molecule has 0 aliphatic carbocycles. The van der Waals surface area contributed by atoms with Gasteiger partial charge in [-0.05, 0) is 12.1 Å². The monoisotopic (exact) mass is 238 g/mol. The van der Waals surface area contributed by atoms with Crippen LogP contribution < -0.4 is 5.73 Å². The van der Waals surface area contributed by atoms with E-state index in [2.05, 4.69) is 4.74 Å². The highest BCUT2D eigenvalue weighted by molar-refractivity contribution is 5.70. The van der Waals surface area contributed by atoms with Crippen LogP contribution in [0.3, 0.4) is 0 Å². The van der Waals surface area contributed by atoms with Crippen LogP contribution in [0.15, 0.2) is 12.1 Å². The third-order valence-corrected chi connectivity index (χ3v) is 2.24. The zero-order valence-corrected chi connectivity index (χ0v) is 9.11. The minimum atomic E-state index is -0.945. The molecule has 0 heterocycles. The molecular weight excluding hydrogens is 227 g/mol. The third-order valence-electron chi connectivity index (χ3n) is 2.24. The second-order valence-electron chi connectivity index (χ2n) is 3.39. The summed E-state index contributed by atoms with van der Waals surface area (Å²) in [7, 11) is 1.20. The van der Waals surface area contributed by atoms with Crippen molar-refractivity contribution in [2.75, 3.05) is 7.11 Å². The first kappa shape index (κ1) is 12.9. The molecule has 0 saturated heterocycles. The van der Waals surface area contributed by atoms with Crippen molar-refractivity contribution in [3.63, 3.8) is 0 Å². The van der Waals surface area contributed by atoms with E-state index in [1.54, 1.807) is 6.07 Å². The highest BCUT2D eigenvalue weighted by Gasteiger charge is 2.19. The van der Waals surface area contributed by atoms with E-state index in [1.807, 2.05) is 0 Å². The van der Waals surface area contributed by atoms with E-state index in [4.69, 9.17) is 11.0 Å². The minimum Gasteiger partial charge on any atom is -0.505 e. The Balaban J connectivity index is 3.08. The smallest absolute Gasteiger partial charge is 0.307 e. The highest BCUT2D eigenvalue weighted by Crippen LogP contribution is 2.29. The highest BCUT2D eigenvalue weighted by atomic mass is 19.1. The number of halogens is 1. The van der Waals surface area contributed by atoms with Gasteiger partial charge in [0.2, 0.25) is 0 Å². The van der Waals surface area contributed by atoms with Crippen LogP contribution in [0, 0.1) is 17.1 Å². The molecule has 0 aromatic heterocycles. The van der Waals surface area contributed by atoms with E-state index >= 15 is 0 Å². The SMILES string of the molecule is COC(=O)C[C@H](N)c1cc(C#N)cc(F)c1O. The number of hydrogen-bond donors (Lipinski definition) is 2. The molecule has 0 aliphatic heterocycles. The Kier molecular flexibility index (Phi) is 4.01. The molecule has 1 atom stereocenters. The number of nitriles is 1. The van der Waals surface area contributed by atoms with E-state index in [9.17, 15) is 14.3 Å². The second kappa shape index (κ2) is 5.27. The summed E-state index contributed by atoms with van der Waals surface area (Å²) >= 11 is 0. The van der Waals surface area contributed by atoms with Gasteiger partial charge in [0.15, 0.2) is 11.6 Å². The number of nitrogens with two attached hydrogens (primary N) is 1. The molecule has 0 saturated carbocycles. The van der Waals surface area contributed by atoms with Gasteiger partial charge in [-0.15, -0.1) is 0 Å². The number of nitrogens with zero attached hydrogens (tertiary/aromatic N) is 1. The lowest BCUT2D eigenvalue weighted by Gasteiger charge is -2.13. The van der Waals surface area contributed by atoms with Gasteiger partial charge < -0.3 is 15.6 Å². The Morgan fingerprint density at radius 3 is 2.88 bits per heavy atom. The minimum absolute atomic E-state index is 0.00644. The Morgan fingerprint density at radius 1 is 1.71 bits per heavy atom. The van der Waals surface area contributed by atoms with Crippen LogP contribution in [0.4, 0.5) is 4.39 Å². The van der Waals surface area contributed by atoms with Crippen LogP contribution in [0.5, 0.6) is 5.75 Å². The largest absolute Gasteiger partial charge is 0.505 e. The predicted octanol–water partition coefficient (Wildman–Crippen LogP) is 0.966. The molecule has 6 heteroatoms. The summed E-state index contributed by atoms with van der Waals surface area (Å²) in [6, 6.07) is 2.94. The van der Waals surface area contributed by atoms with Crippen molar-refractivity contribution in [1.29, 1.82) is 5.26 Å². The molecule has 0 amide bonds. The average molecular weight is 238 g/mol. The van der Waals surface area contributed by atoms with Crippen molar-refractivity contribution in [2.45, 2.75) is 12.5 Å². The summed E-state index contributed by atoms with van der Waals surface area (Å²) in [6.07, 6.45) is -0.210. The molecule has 3 N–H and O–H groups in total. The second-order valence-corrected chi connectivity index (χ2v) is 3.39. The molecule has 1 aromatic rings. The number of esters is 1. The number of phenols is 1. The van der Waals surface area contributed by atoms with E-state index in [-0.39, 0.29) is 17.5 Å². The van der Waals surface area contributed by atoms with Gasteiger partial charge in [0.25, 0.3) is 0 Å². The van der Waals surface area contributed by atoms with Gasteiger partial charge in [0.05, 0.1) is 25.2 Å². The number of carbonyl (C=O) groups excluding carboxylic acids is 1. The van der Waals surface area contributed by atoms with Gasteiger partial charge in [0, 0.05) is 11.6 Å². The predicted molar refractivity (Wildman–Crippen MR) is 56.3 cm³/mol. The maximum absolute atomic E-state index is 13.2. The Morgan fingerprint density at radius 2 is 2.35 bits per heavy atom. The fourth-order valence-corrected chi connectivity index (χ4v) is 1.34. The van der Waals surface area contributed by atoms with Gasteiger partial charge in [-0.25, -0.2) is 4.39 Å². The maximum Gasteiger partial charge on any atom is 0.307 e. The third kappa shape index (κ3) is 2.92. The zero-order valence-electron chi connectivity index (χ0n) is 9.11. The normalized spacial score (nSPS) is 11.6. The number of benzene rings is 1. The van der Waals surface area contributed by atoms with Crippen molar-refractivity contribution >= 4 is 5.97 Å². The zero-order chi connectivity index (χ0) is 13.0. The molecule has 1 aromatic carbocycles. The Hall–Kier alpha value is -2.13.